The van der Waals surface area contributed by atoms with E-state index in [-0.39, 0.29) is 24.3 Å². The molecular formula is C12H15N5O3S2. The molecular weight excluding hydrogens is 326 g/mol. The number of thioether (sulfide) groups is 1. The van der Waals surface area contributed by atoms with Gasteiger partial charge in [-0.2, -0.15) is 4.98 Å². The van der Waals surface area contributed by atoms with Crippen LogP contribution in [0.15, 0.2) is 8.86 Å². The summed E-state index contributed by atoms with van der Waals surface area (Å²) in [7, 11) is 0. The van der Waals surface area contributed by atoms with Gasteiger partial charge in [0.25, 0.3) is 5.89 Å². The molecule has 10 heteroatoms. The third-order valence-electron chi connectivity index (χ3n) is 2.97. The standard InChI is InChI=1S/C12H15N5O3S2/c1-7-15-16-12(22-7)21-6-10(18)13-5-9-14-11(20-17-9)8-3-2-4-19-8/h8H,2-6H2,1H3,(H,13,18)/t8-/m0/s1. The first-order valence-corrected chi connectivity index (χ1v) is 8.64. The van der Waals surface area contributed by atoms with Crippen molar-refractivity contribution in [3.05, 3.63) is 16.7 Å². The minimum Gasteiger partial charge on any atom is -0.368 e. The van der Waals surface area contributed by atoms with Gasteiger partial charge in [-0.25, -0.2) is 0 Å². The molecule has 3 heterocycles. The van der Waals surface area contributed by atoms with Crippen LogP contribution in [0.4, 0.5) is 0 Å². The molecule has 1 aliphatic heterocycles. The predicted molar refractivity (Wildman–Crippen MR) is 79.4 cm³/mol. The van der Waals surface area contributed by atoms with Crippen molar-refractivity contribution in [3.63, 3.8) is 0 Å². The topological polar surface area (TPSA) is 103 Å². The normalized spacial score (nSPS) is 17.8. The summed E-state index contributed by atoms with van der Waals surface area (Å²) < 4.78 is 11.4. The molecule has 118 valence electrons. The van der Waals surface area contributed by atoms with Crippen molar-refractivity contribution in [2.75, 3.05) is 12.4 Å². The van der Waals surface area contributed by atoms with Crippen LogP contribution in [0, 0.1) is 6.92 Å². The molecule has 0 bridgehead atoms. The molecule has 0 aromatic carbocycles. The van der Waals surface area contributed by atoms with E-state index in [9.17, 15) is 4.79 Å². The zero-order chi connectivity index (χ0) is 15.4. The van der Waals surface area contributed by atoms with Gasteiger partial charge in [0.05, 0.1) is 12.3 Å². The van der Waals surface area contributed by atoms with E-state index in [0.717, 1.165) is 28.8 Å². The van der Waals surface area contributed by atoms with Gasteiger partial charge in [0.2, 0.25) is 5.91 Å². The van der Waals surface area contributed by atoms with E-state index in [1.807, 2.05) is 6.92 Å². The molecule has 22 heavy (non-hydrogen) atoms. The molecule has 1 amide bonds. The lowest BCUT2D eigenvalue weighted by atomic mass is 10.2. The highest BCUT2D eigenvalue weighted by molar-refractivity contribution is 8.01. The van der Waals surface area contributed by atoms with Crippen LogP contribution in [0.1, 0.15) is 35.7 Å². The lowest BCUT2D eigenvalue weighted by molar-refractivity contribution is -0.118. The maximum absolute atomic E-state index is 11.8. The van der Waals surface area contributed by atoms with Crippen LogP contribution in [-0.2, 0) is 16.1 Å². The van der Waals surface area contributed by atoms with Crippen molar-refractivity contribution in [2.45, 2.75) is 36.8 Å². The lowest BCUT2D eigenvalue weighted by Crippen LogP contribution is -2.25. The molecule has 1 fully saturated rings. The first-order chi connectivity index (χ1) is 10.7. The molecule has 3 rings (SSSR count). The monoisotopic (exact) mass is 341 g/mol. The van der Waals surface area contributed by atoms with Crippen molar-refractivity contribution in [3.8, 4) is 0 Å². The van der Waals surface area contributed by atoms with Crippen molar-refractivity contribution in [1.29, 1.82) is 0 Å². The Hall–Kier alpha value is -1.52. The van der Waals surface area contributed by atoms with Gasteiger partial charge < -0.3 is 14.6 Å². The Labute approximate surface area is 135 Å². The molecule has 0 saturated carbocycles. The third-order valence-corrected chi connectivity index (χ3v) is 4.94. The van der Waals surface area contributed by atoms with Gasteiger partial charge in [-0.1, -0.05) is 28.3 Å². The molecule has 1 N–H and O–H groups in total. The summed E-state index contributed by atoms with van der Waals surface area (Å²) in [5.74, 6) is 1.11. The van der Waals surface area contributed by atoms with E-state index in [1.54, 1.807) is 0 Å². The summed E-state index contributed by atoms with van der Waals surface area (Å²) in [5.41, 5.74) is 0. The van der Waals surface area contributed by atoms with Gasteiger partial charge in [0.1, 0.15) is 11.1 Å². The highest BCUT2D eigenvalue weighted by atomic mass is 32.2. The fraction of sp³-hybridized carbons (Fsp3) is 0.583. The van der Waals surface area contributed by atoms with Gasteiger partial charge in [0, 0.05) is 6.61 Å². The molecule has 1 aliphatic rings. The Morgan fingerprint density at radius 3 is 3.14 bits per heavy atom. The van der Waals surface area contributed by atoms with E-state index in [2.05, 4.69) is 25.7 Å². The van der Waals surface area contributed by atoms with E-state index >= 15 is 0 Å². The van der Waals surface area contributed by atoms with E-state index in [4.69, 9.17) is 9.26 Å². The van der Waals surface area contributed by atoms with Crippen LogP contribution in [0.5, 0.6) is 0 Å². The number of nitrogens with zero attached hydrogens (tertiary/aromatic N) is 4. The minimum atomic E-state index is -0.110. The number of hydrogen-bond donors (Lipinski definition) is 1. The Balaban J connectivity index is 1.42. The maximum atomic E-state index is 11.8. The van der Waals surface area contributed by atoms with Crippen molar-refractivity contribution < 1.29 is 14.1 Å². The Kier molecular flexibility index (Phi) is 5.01. The van der Waals surface area contributed by atoms with Crippen LogP contribution in [0.25, 0.3) is 0 Å². The molecule has 0 unspecified atom stereocenters. The van der Waals surface area contributed by atoms with Crippen LogP contribution in [0.3, 0.4) is 0 Å². The van der Waals surface area contributed by atoms with Crippen molar-refractivity contribution >= 4 is 29.0 Å². The number of amides is 1. The van der Waals surface area contributed by atoms with E-state index in [1.165, 1.54) is 23.1 Å². The van der Waals surface area contributed by atoms with Crippen molar-refractivity contribution in [2.24, 2.45) is 0 Å². The van der Waals surface area contributed by atoms with E-state index < -0.39 is 0 Å². The van der Waals surface area contributed by atoms with Gasteiger partial charge in [-0.3, -0.25) is 4.79 Å². The molecule has 1 atom stereocenters. The van der Waals surface area contributed by atoms with Crippen LogP contribution in [0.2, 0.25) is 0 Å². The molecule has 2 aromatic heterocycles. The summed E-state index contributed by atoms with van der Waals surface area (Å²) in [6.45, 7) is 2.84. The molecule has 0 spiro atoms. The second-order valence-electron chi connectivity index (χ2n) is 4.70. The SMILES string of the molecule is Cc1nnc(SCC(=O)NCc2noc([C@@H]3CCCO3)n2)s1. The predicted octanol–water partition coefficient (Wildman–Crippen LogP) is 1.49. The lowest BCUT2D eigenvalue weighted by Gasteiger charge is -2.01. The van der Waals surface area contributed by atoms with Gasteiger partial charge >= 0.3 is 0 Å². The Morgan fingerprint density at radius 2 is 2.41 bits per heavy atom. The second-order valence-corrected chi connectivity index (χ2v) is 7.11. The number of carbonyl (C=O) groups excluding carboxylic acids is 1. The summed E-state index contributed by atoms with van der Waals surface area (Å²) in [6.07, 6.45) is 1.79. The fourth-order valence-electron chi connectivity index (χ4n) is 1.94. The first kappa shape index (κ1) is 15.4. The summed E-state index contributed by atoms with van der Waals surface area (Å²) in [5, 5.41) is 15.3. The second kappa shape index (κ2) is 7.16. The highest BCUT2D eigenvalue weighted by Crippen LogP contribution is 2.26. The molecule has 8 nitrogen and oxygen atoms in total. The minimum absolute atomic E-state index is 0.104. The number of carbonyl (C=O) groups is 1. The smallest absolute Gasteiger partial charge is 0.255 e. The van der Waals surface area contributed by atoms with Gasteiger partial charge in [-0.05, 0) is 19.8 Å². The number of ether oxygens (including phenoxy) is 1. The Morgan fingerprint density at radius 1 is 1.50 bits per heavy atom. The largest absolute Gasteiger partial charge is 0.368 e. The quantitative estimate of drug-likeness (QED) is 0.788. The maximum Gasteiger partial charge on any atom is 0.255 e. The van der Waals surface area contributed by atoms with Crippen LogP contribution >= 0.6 is 23.1 Å². The zero-order valence-corrected chi connectivity index (χ0v) is 13.6. The Bertz CT molecular complexity index is 638. The number of hydrogen-bond acceptors (Lipinski definition) is 9. The van der Waals surface area contributed by atoms with Gasteiger partial charge in [0.15, 0.2) is 10.2 Å². The average molecular weight is 341 g/mol. The van der Waals surface area contributed by atoms with Gasteiger partial charge in [-0.15, -0.1) is 10.2 Å². The average Bonchev–Trinajstić information content (AvgIpc) is 3.23. The number of nitrogens with one attached hydrogen (secondary N) is 1. The van der Waals surface area contributed by atoms with E-state index in [0.29, 0.717) is 11.7 Å². The molecule has 0 aliphatic carbocycles. The number of aromatic nitrogens is 4. The highest BCUT2D eigenvalue weighted by Gasteiger charge is 2.23. The van der Waals surface area contributed by atoms with Crippen LogP contribution in [-0.4, -0.2) is 38.6 Å². The third kappa shape index (κ3) is 4.02. The number of aryl methyl sites for hydroxylation is 1. The summed E-state index contributed by atoms with van der Waals surface area (Å²) >= 11 is 2.83. The first-order valence-electron chi connectivity index (χ1n) is 6.84. The summed E-state index contributed by atoms with van der Waals surface area (Å²) in [6, 6.07) is 0. The number of rotatable bonds is 6. The fourth-order valence-corrected chi connectivity index (χ4v) is 3.58. The molecule has 1 saturated heterocycles. The summed E-state index contributed by atoms with van der Waals surface area (Å²) in [4.78, 5) is 16.0. The molecule has 0 radical (unpaired) electrons. The zero-order valence-electron chi connectivity index (χ0n) is 11.9. The molecule has 2 aromatic rings. The van der Waals surface area contributed by atoms with Crippen LogP contribution < -0.4 is 5.32 Å². The van der Waals surface area contributed by atoms with Crippen molar-refractivity contribution in [1.82, 2.24) is 25.7 Å².